The van der Waals surface area contributed by atoms with Crippen molar-refractivity contribution >= 4 is 32.5 Å². The predicted molar refractivity (Wildman–Crippen MR) is 98.4 cm³/mol. The van der Waals surface area contributed by atoms with Gasteiger partial charge in [-0.2, -0.15) is 4.37 Å². The van der Waals surface area contributed by atoms with Gasteiger partial charge in [0.05, 0.1) is 4.90 Å². The van der Waals surface area contributed by atoms with Gasteiger partial charge in [0.15, 0.2) is 9.84 Å². The Balaban J connectivity index is 1.49. The summed E-state index contributed by atoms with van der Waals surface area (Å²) in [7, 11) is -3.21. The molecule has 0 radical (unpaired) electrons. The van der Waals surface area contributed by atoms with Crippen LogP contribution in [-0.2, 0) is 9.84 Å². The van der Waals surface area contributed by atoms with E-state index in [-0.39, 0.29) is 17.0 Å². The first-order chi connectivity index (χ1) is 12.3. The van der Waals surface area contributed by atoms with Gasteiger partial charge < -0.3 is 9.64 Å². The van der Waals surface area contributed by atoms with Gasteiger partial charge in [-0.3, -0.25) is 5.32 Å². The second-order valence-corrected chi connectivity index (χ2v) is 8.89. The highest BCUT2D eigenvalue weighted by molar-refractivity contribution is 7.90. The summed E-state index contributed by atoms with van der Waals surface area (Å²) in [4.78, 5) is 18.3. The van der Waals surface area contributed by atoms with Crippen LogP contribution in [0.1, 0.15) is 18.7 Å². The third-order valence-electron chi connectivity index (χ3n) is 4.03. The van der Waals surface area contributed by atoms with E-state index in [1.54, 1.807) is 24.0 Å². The van der Waals surface area contributed by atoms with Gasteiger partial charge in [0.2, 0.25) is 5.13 Å². The topological polar surface area (TPSA) is 101 Å². The molecule has 0 aliphatic carbocycles. The van der Waals surface area contributed by atoms with E-state index in [4.69, 9.17) is 4.74 Å². The Bertz CT molecular complexity index is 872. The largest absolute Gasteiger partial charge is 0.490 e. The monoisotopic (exact) mass is 396 g/mol. The molecule has 0 atom stereocenters. The van der Waals surface area contributed by atoms with Gasteiger partial charge in [-0.15, -0.1) is 0 Å². The van der Waals surface area contributed by atoms with Crippen LogP contribution >= 0.6 is 11.5 Å². The Morgan fingerprint density at radius 1 is 1.27 bits per heavy atom. The Kier molecular flexibility index (Phi) is 5.42. The molecule has 2 heterocycles. The molecule has 0 bridgehead atoms. The molecule has 1 fully saturated rings. The number of likely N-dealkylation sites (tertiary alicyclic amines) is 1. The van der Waals surface area contributed by atoms with Crippen LogP contribution in [0.15, 0.2) is 29.2 Å². The number of hydrogen-bond donors (Lipinski definition) is 1. The lowest BCUT2D eigenvalue weighted by Gasteiger charge is -2.31. The van der Waals surface area contributed by atoms with Crippen molar-refractivity contribution in [3.8, 4) is 5.75 Å². The fraction of sp³-hybridized carbons (Fsp3) is 0.438. The number of carbonyl (C=O) groups excluding carboxylic acids is 1. The average molecular weight is 396 g/mol. The summed E-state index contributed by atoms with van der Waals surface area (Å²) in [6, 6.07) is 6.21. The predicted octanol–water partition coefficient (Wildman–Crippen LogP) is 2.33. The Morgan fingerprint density at radius 3 is 2.46 bits per heavy atom. The van der Waals surface area contributed by atoms with Crippen LogP contribution < -0.4 is 10.1 Å². The molecule has 10 heteroatoms. The van der Waals surface area contributed by atoms with Crippen molar-refractivity contribution in [1.82, 2.24) is 14.3 Å². The van der Waals surface area contributed by atoms with Gasteiger partial charge in [0.1, 0.15) is 17.7 Å². The number of sulfone groups is 1. The Hall–Kier alpha value is -2.20. The van der Waals surface area contributed by atoms with Gasteiger partial charge in [-0.1, -0.05) is 0 Å². The number of amides is 2. The van der Waals surface area contributed by atoms with Gasteiger partial charge >= 0.3 is 6.03 Å². The highest BCUT2D eigenvalue weighted by Gasteiger charge is 2.24. The Labute approximate surface area is 156 Å². The van der Waals surface area contributed by atoms with E-state index in [9.17, 15) is 13.2 Å². The average Bonchev–Trinajstić information content (AvgIpc) is 3.00. The zero-order valence-electron chi connectivity index (χ0n) is 14.5. The number of piperidine rings is 1. The van der Waals surface area contributed by atoms with E-state index in [1.165, 1.54) is 18.4 Å². The maximum Gasteiger partial charge on any atom is 0.323 e. The van der Waals surface area contributed by atoms with Crippen LogP contribution in [0.4, 0.5) is 9.93 Å². The van der Waals surface area contributed by atoms with Crippen LogP contribution in [0.25, 0.3) is 0 Å². The highest BCUT2D eigenvalue weighted by Crippen LogP contribution is 2.21. The minimum absolute atomic E-state index is 0.00749. The number of anilines is 1. The summed E-state index contributed by atoms with van der Waals surface area (Å²) in [5.74, 6) is 1.27. The van der Waals surface area contributed by atoms with Crippen molar-refractivity contribution in [3.05, 3.63) is 30.1 Å². The lowest BCUT2D eigenvalue weighted by atomic mass is 10.1. The Morgan fingerprint density at radius 2 is 1.92 bits per heavy atom. The molecule has 2 aromatic rings. The molecular weight excluding hydrogens is 376 g/mol. The molecule has 1 N–H and O–H groups in total. The normalized spacial score (nSPS) is 15.7. The van der Waals surface area contributed by atoms with Crippen molar-refractivity contribution < 1.29 is 17.9 Å². The van der Waals surface area contributed by atoms with Crippen LogP contribution in [-0.4, -0.2) is 54.2 Å². The molecule has 0 saturated carbocycles. The summed E-state index contributed by atoms with van der Waals surface area (Å²) >= 11 is 1.16. The van der Waals surface area contributed by atoms with Gasteiger partial charge in [-0.25, -0.2) is 18.2 Å². The molecule has 8 nitrogen and oxygen atoms in total. The lowest BCUT2D eigenvalue weighted by Crippen LogP contribution is -2.43. The second kappa shape index (κ2) is 7.58. The summed E-state index contributed by atoms with van der Waals surface area (Å²) in [6.45, 7) is 2.93. The molecule has 3 rings (SSSR count). The minimum Gasteiger partial charge on any atom is -0.490 e. The molecule has 1 aliphatic rings. The summed E-state index contributed by atoms with van der Waals surface area (Å²) < 4.78 is 32.9. The fourth-order valence-corrected chi connectivity index (χ4v) is 3.85. The quantitative estimate of drug-likeness (QED) is 0.851. The smallest absolute Gasteiger partial charge is 0.323 e. The third-order valence-corrected chi connectivity index (χ3v) is 5.88. The van der Waals surface area contributed by atoms with Gasteiger partial charge in [0.25, 0.3) is 0 Å². The zero-order valence-corrected chi connectivity index (χ0v) is 16.1. The number of nitrogens with zero attached hydrogens (tertiary/aromatic N) is 3. The van der Waals surface area contributed by atoms with Crippen molar-refractivity contribution in [2.75, 3.05) is 24.7 Å². The first-order valence-corrected chi connectivity index (χ1v) is 10.8. The first kappa shape index (κ1) is 18.6. The third kappa shape index (κ3) is 4.70. The first-order valence-electron chi connectivity index (χ1n) is 8.14. The lowest BCUT2D eigenvalue weighted by molar-refractivity contribution is 0.115. The zero-order chi connectivity index (χ0) is 18.7. The highest BCUT2D eigenvalue weighted by atomic mass is 32.2. The van der Waals surface area contributed by atoms with E-state index in [1.807, 2.05) is 0 Å². The number of nitrogens with one attached hydrogen (secondary N) is 1. The van der Waals surface area contributed by atoms with Crippen molar-refractivity contribution in [3.63, 3.8) is 0 Å². The number of aromatic nitrogens is 2. The van der Waals surface area contributed by atoms with Crippen molar-refractivity contribution in [2.24, 2.45) is 0 Å². The number of carbonyl (C=O) groups is 1. The standard InChI is InChI=1S/C16H20N4O4S2/c1-11-17-15(25-19-11)18-16(21)20-9-7-13(8-10-20)24-12-3-5-14(6-4-12)26(2,22)23/h3-6,13H,7-10H2,1-2H3,(H,17,18,19,21). The summed E-state index contributed by atoms with van der Waals surface area (Å²) in [5.41, 5.74) is 0. The number of benzene rings is 1. The molecule has 140 valence electrons. The molecule has 0 unspecified atom stereocenters. The second-order valence-electron chi connectivity index (χ2n) is 6.12. The maximum absolute atomic E-state index is 12.2. The summed E-state index contributed by atoms with van der Waals surface area (Å²) in [6.07, 6.45) is 2.58. The number of urea groups is 1. The van der Waals surface area contributed by atoms with Crippen LogP contribution in [0.5, 0.6) is 5.75 Å². The van der Waals surface area contributed by atoms with Crippen molar-refractivity contribution in [1.29, 1.82) is 0 Å². The maximum atomic E-state index is 12.2. The number of aryl methyl sites for hydroxylation is 1. The molecule has 1 aliphatic heterocycles. The molecule has 0 spiro atoms. The van der Waals surface area contributed by atoms with Crippen molar-refractivity contribution in [2.45, 2.75) is 30.8 Å². The minimum atomic E-state index is -3.21. The van der Waals surface area contributed by atoms with E-state index in [0.29, 0.717) is 42.6 Å². The van der Waals surface area contributed by atoms with E-state index in [2.05, 4.69) is 14.7 Å². The van der Waals surface area contributed by atoms with E-state index in [0.717, 1.165) is 11.5 Å². The van der Waals surface area contributed by atoms with Gasteiger partial charge in [-0.05, 0) is 31.2 Å². The van der Waals surface area contributed by atoms with E-state index >= 15 is 0 Å². The van der Waals surface area contributed by atoms with Crippen LogP contribution in [0.2, 0.25) is 0 Å². The van der Waals surface area contributed by atoms with Gasteiger partial charge in [0, 0.05) is 43.7 Å². The fourth-order valence-electron chi connectivity index (χ4n) is 2.65. The molecule has 1 saturated heterocycles. The number of rotatable bonds is 4. The number of hydrogen-bond acceptors (Lipinski definition) is 7. The molecule has 26 heavy (non-hydrogen) atoms. The molecule has 2 amide bonds. The molecule has 1 aromatic heterocycles. The SMILES string of the molecule is Cc1nsc(NC(=O)N2CCC(Oc3ccc(S(C)(=O)=O)cc3)CC2)n1. The van der Waals surface area contributed by atoms with Crippen LogP contribution in [0.3, 0.4) is 0 Å². The number of ether oxygens (including phenoxy) is 1. The summed E-state index contributed by atoms with van der Waals surface area (Å²) in [5, 5.41) is 3.25. The van der Waals surface area contributed by atoms with E-state index < -0.39 is 9.84 Å². The van der Waals surface area contributed by atoms with Crippen LogP contribution in [0, 0.1) is 6.92 Å². The molecular formula is C16H20N4O4S2. The molecule has 1 aromatic carbocycles.